The first kappa shape index (κ1) is 18.2. The summed E-state index contributed by atoms with van der Waals surface area (Å²) in [6.07, 6.45) is 8.26. The topological polar surface area (TPSA) is 77.4 Å². The first-order chi connectivity index (χ1) is 13.1. The van der Waals surface area contributed by atoms with Crippen molar-refractivity contribution in [3.63, 3.8) is 0 Å². The quantitative estimate of drug-likeness (QED) is 0.841. The molecule has 0 bridgehead atoms. The smallest absolute Gasteiger partial charge is 0.220 e. The minimum Gasteiger partial charge on any atom is -0.495 e. The Balaban J connectivity index is 1.40. The van der Waals surface area contributed by atoms with Crippen LogP contribution in [-0.2, 0) is 0 Å². The molecule has 2 heterocycles. The van der Waals surface area contributed by atoms with Gasteiger partial charge in [0.25, 0.3) is 0 Å². The highest BCUT2D eigenvalue weighted by Gasteiger charge is 2.40. The van der Waals surface area contributed by atoms with Crippen molar-refractivity contribution in [2.75, 3.05) is 13.7 Å². The van der Waals surface area contributed by atoms with Gasteiger partial charge in [0, 0.05) is 29.3 Å². The molecule has 6 nitrogen and oxygen atoms in total. The Bertz CT molecular complexity index is 781. The molecule has 2 fully saturated rings. The number of rotatable bonds is 6. The second-order valence-corrected chi connectivity index (χ2v) is 7.73. The normalized spacial score (nSPS) is 27.2. The van der Waals surface area contributed by atoms with Gasteiger partial charge < -0.3 is 14.6 Å². The summed E-state index contributed by atoms with van der Waals surface area (Å²) >= 11 is 0. The lowest BCUT2D eigenvalue weighted by Gasteiger charge is -2.26. The van der Waals surface area contributed by atoms with Crippen LogP contribution in [0.15, 0.2) is 24.5 Å². The SMILES string of the molecule is COc1ccc([C@H]2C[C@@H]2COc2nc(C)ncc2[C@@H]2CCC[C@H](O)C2)nc1. The van der Waals surface area contributed by atoms with Gasteiger partial charge in [0.1, 0.15) is 11.6 Å². The Kier molecular flexibility index (Phi) is 5.25. The molecule has 0 unspecified atom stereocenters. The largest absolute Gasteiger partial charge is 0.495 e. The van der Waals surface area contributed by atoms with Crippen LogP contribution in [0.25, 0.3) is 0 Å². The van der Waals surface area contributed by atoms with Gasteiger partial charge in [-0.15, -0.1) is 0 Å². The van der Waals surface area contributed by atoms with E-state index in [9.17, 15) is 5.11 Å². The highest BCUT2D eigenvalue weighted by atomic mass is 16.5. The molecule has 2 aliphatic carbocycles. The zero-order valence-corrected chi connectivity index (χ0v) is 16.0. The molecule has 2 saturated carbocycles. The maximum atomic E-state index is 10.0. The molecule has 0 aromatic carbocycles. The van der Waals surface area contributed by atoms with E-state index in [1.165, 1.54) is 0 Å². The van der Waals surface area contributed by atoms with Gasteiger partial charge in [0.15, 0.2) is 0 Å². The van der Waals surface area contributed by atoms with E-state index in [1.54, 1.807) is 13.3 Å². The second-order valence-electron chi connectivity index (χ2n) is 7.73. The Morgan fingerprint density at radius 1 is 1.15 bits per heavy atom. The molecule has 0 saturated heterocycles. The van der Waals surface area contributed by atoms with Crippen molar-refractivity contribution < 1.29 is 14.6 Å². The molecule has 1 N–H and O–H groups in total. The van der Waals surface area contributed by atoms with Crippen molar-refractivity contribution in [2.45, 2.75) is 57.0 Å². The van der Waals surface area contributed by atoms with E-state index in [0.717, 1.165) is 49.1 Å². The molecule has 0 amide bonds. The fourth-order valence-electron chi connectivity index (χ4n) is 4.01. The number of aliphatic hydroxyl groups is 1. The summed E-state index contributed by atoms with van der Waals surface area (Å²) in [4.78, 5) is 13.4. The summed E-state index contributed by atoms with van der Waals surface area (Å²) in [6.45, 7) is 2.52. The average Bonchev–Trinajstić information content (AvgIpc) is 3.46. The van der Waals surface area contributed by atoms with Crippen LogP contribution in [0.2, 0.25) is 0 Å². The van der Waals surface area contributed by atoms with Gasteiger partial charge in [-0.05, 0) is 50.7 Å². The van der Waals surface area contributed by atoms with Crippen LogP contribution in [0, 0.1) is 12.8 Å². The van der Waals surface area contributed by atoms with E-state index >= 15 is 0 Å². The van der Waals surface area contributed by atoms with Gasteiger partial charge in [-0.1, -0.05) is 6.42 Å². The minimum atomic E-state index is -0.230. The molecule has 2 aliphatic rings. The van der Waals surface area contributed by atoms with Gasteiger partial charge in [-0.2, -0.15) is 4.98 Å². The fraction of sp³-hybridized carbons (Fsp3) is 0.571. The van der Waals surface area contributed by atoms with Crippen LogP contribution in [-0.4, -0.2) is 39.9 Å². The first-order valence-corrected chi connectivity index (χ1v) is 9.78. The third kappa shape index (κ3) is 4.21. The Labute approximate surface area is 160 Å². The Morgan fingerprint density at radius 2 is 2.04 bits per heavy atom. The van der Waals surface area contributed by atoms with Gasteiger partial charge in [-0.3, -0.25) is 4.98 Å². The third-order valence-corrected chi connectivity index (χ3v) is 5.72. The van der Waals surface area contributed by atoms with E-state index in [4.69, 9.17) is 9.47 Å². The van der Waals surface area contributed by atoms with E-state index in [2.05, 4.69) is 15.0 Å². The molecule has 0 aliphatic heterocycles. The van der Waals surface area contributed by atoms with Gasteiger partial charge in [0.2, 0.25) is 5.88 Å². The predicted octanol–water partition coefficient (Wildman–Crippen LogP) is 3.39. The summed E-state index contributed by atoms with van der Waals surface area (Å²) in [6, 6.07) is 3.99. The molecular formula is C21H27N3O3. The van der Waals surface area contributed by atoms with Gasteiger partial charge >= 0.3 is 0 Å². The van der Waals surface area contributed by atoms with Crippen molar-refractivity contribution >= 4 is 0 Å². The third-order valence-electron chi connectivity index (χ3n) is 5.72. The molecule has 144 valence electrons. The van der Waals surface area contributed by atoms with E-state index in [-0.39, 0.29) is 12.0 Å². The maximum Gasteiger partial charge on any atom is 0.220 e. The standard InChI is InChI=1S/C21H27N3O3/c1-13-22-11-19(14-4-3-5-16(25)8-14)21(24-13)27-12-15-9-18(15)20-7-6-17(26-2)10-23-20/h6-7,10-11,14-16,18,25H,3-5,8-9,12H2,1-2H3/t14-,15-,16+,18+/m1/s1. The number of pyridine rings is 1. The number of ether oxygens (including phenoxy) is 2. The summed E-state index contributed by atoms with van der Waals surface area (Å²) in [5.41, 5.74) is 2.14. The van der Waals surface area contributed by atoms with Crippen LogP contribution >= 0.6 is 0 Å². The fourth-order valence-corrected chi connectivity index (χ4v) is 4.01. The van der Waals surface area contributed by atoms with Crippen LogP contribution in [0.1, 0.15) is 61.0 Å². The average molecular weight is 369 g/mol. The molecule has 2 aromatic heterocycles. The van der Waals surface area contributed by atoms with Crippen molar-refractivity contribution in [1.29, 1.82) is 0 Å². The number of aryl methyl sites for hydroxylation is 1. The lowest BCUT2D eigenvalue weighted by atomic mass is 9.83. The monoisotopic (exact) mass is 369 g/mol. The zero-order valence-electron chi connectivity index (χ0n) is 16.0. The predicted molar refractivity (Wildman–Crippen MR) is 101 cm³/mol. The maximum absolute atomic E-state index is 10.0. The summed E-state index contributed by atoms with van der Waals surface area (Å²) in [5.74, 6) is 3.37. The lowest BCUT2D eigenvalue weighted by Crippen LogP contribution is -2.19. The van der Waals surface area contributed by atoms with E-state index < -0.39 is 0 Å². The van der Waals surface area contributed by atoms with Crippen LogP contribution in [0.5, 0.6) is 11.6 Å². The van der Waals surface area contributed by atoms with Crippen molar-refractivity contribution in [1.82, 2.24) is 15.0 Å². The van der Waals surface area contributed by atoms with Crippen molar-refractivity contribution in [2.24, 2.45) is 5.92 Å². The zero-order chi connectivity index (χ0) is 18.8. The number of nitrogens with zero attached hydrogens (tertiary/aromatic N) is 3. The van der Waals surface area contributed by atoms with Crippen molar-refractivity contribution in [3.8, 4) is 11.6 Å². The molecule has 4 rings (SSSR count). The molecule has 0 radical (unpaired) electrons. The lowest BCUT2D eigenvalue weighted by molar-refractivity contribution is 0.118. The summed E-state index contributed by atoms with van der Waals surface area (Å²) in [7, 11) is 1.65. The van der Waals surface area contributed by atoms with E-state index in [1.807, 2.05) is 25.3 Å². The van der Waals surface area contributed by atoms with Gasteiger partial charge in [0.05, 0.1) is 26.0 Å². The summed E-state index contributed by atoms with van der Waals surface area (Å²) < 4.78 is 11.3. The Hall–Kier alpha value is -2.21. The van der Waals surface area contributed by atoms with Crippen LogP contribution in [0.4, 0.5) is 0 Å². The number of aromatic nitrogens is 3. The van der Waals surface area contributed by atoms with Crippen LogP contribution in [0.3, 0.4) is 0 Å². The highest BCUT2D eigenvalue weighted by Crippen LogP contribution is 2.47. The summed E-state index contributed by atoms with van der Waals surface area (Å²) in [5, 5.41) is 10.0. The number of hydrogen-bond acceptors (Lipinski definition) is 6. The Morgan fingerprint density at radius 3 is 2.78 bits per heavy atom. The molecule has 6 heteroatoms. The molecule has 4 atom stereocenters. The molecule has 0 spiro atoms. The van der Waals surface area contributed by atoms with Gasteiger partial charge in [-0.25, -0.2) is 4.98 Å². The molecular weight excluding hydrogens is 342 g/mol. The van der Waals surface area contributed by atoms with Crippen molar-refractivity contribution in [3.05, 3.63) is 41.6 Å². The van der Waals surface area contributed by atoms with Crippen LogP contribution < -0.4 is 9.47 Å². The second kappa shape index (κ2) is 7.80. The molecule has 2 aromatic rings. The highest BCUT2D eigenvalue weighted by molar-refractivity contribution is 5.29. The number of aliphatic hydroxyl groups excluding tert-OH is 1. The molecule has 27 heavy (non-hydrogen) atoms. The van der Waals surface area contributed by atoms with E-state index in [0.29, 0.717) is 30.1 Å². The minimum absolute atomic E-state index is 0.230. The first-order valence-electron chi connectivity index (χ1n) is 9.78. The number of methoxy groups -OCH3 is 1. The number of hydrogen-bond donors (Lipinski definition) is 1.